The van der Waals surface area contributed by atoms with Crippen LogP contribution in [0, 0.1) is 17.3 Å². The van der Waals surface area contributed by atoms with E-state index in [1.807, 2.05) is 0 Å². The van der Waals surface area contributed by atoms with E-state index in [1.54, 1.807) is 0 Å². The van der Waals surface area contributed by atoms with Crippen molar-refractivity contribution in [2.24, 2.45) is 17.3 Å². The van der Waals surface area contributed by atoms with Gasteiger partial charge in [0, 0.05) is 0 Å². The summed E-state index contributed by atoms with van der Waals surface area (Å²) in [5.41, 5.74) is -1.53. The third-order valence-electron chi connectivity index (χ3n) is 5.21. The van der Waals surface area contributed by atoms with Crippen molar-refractivity contribution in [1.29, 1.82) is 0 Å². The molecule has 0 aromatic rings. The van der Waals surface area contributed by atoms with Crippen LogP contribution in [-0.4, -0.2) is 41.0 Å². The molecule has 0 radical (unpaired) electrons. The summed E-state index contributed by atoms with van der Waals surface area (Å²) >= 11 is 0. The minimum atomic E-state index is -1.53. The maximum atomic E-state index is 11.9. The zero-order chi connectivity index (χ0) is 13.9. The topological polar surface area (TPSA) is 74.6 Å². The zero-order valence-electron chi connectivity index (χ0n) is 11.4. The average molecular weight is 276 g/mol. The molecule has 2 fully saturated rings. The fraction of sp³-hybridized carbons (Fsp3) is 0.867. The molecule has 20 heavy (non-hydrogen) atoms. The van der Waals surface area contributed by atoms with E-state index in [-0.39, 0.29) is 30.7 Å². The van der Waals surface area contributed by atoms with Gasteiger partial charge in [0.1, 0.15) is 0 Å². The van der Waals surface area contributed by atoms with E-state index < -0.39 is 17.4 Å². The molecule has 0 heterocycles. The van der Waals surface area contributed by atoms with Crippen molar-refractivity contribution in [1.82, 2.24) is 0 Å². The Balaban J connectivity index is 0.00000200. The van der Waals surface area contributed by atoms with Gasteiger partial charge in [-0.05, 0) is 37.5 Å². The van der Waals surface area contributed by atoms with Crippen molar-refractivity contribution in [3.63, 3.8) is 0 Å². The van der Waals surface area contributed by atoms with Crippen LogP contribution in [0.3, 0.4) is 0 Å². The summed E-state index contributed by atoms with van der Waals surface area (Å²) in [7, 11) is 0. The predicted molar refractivity (Wildman–Crippen MR) is 78.0 cm³/mol. The van der Waals surface area contributed by atoms with Gasteiger partial charge in [0.05, 0.1) is 0 Å². The summed E-state index contributed by atoms with van der Waals surface area (Å²) in [6, 6.07) is 0. The fourth-order valence-corrected chi connectivity index (χ4v) is 4.24. The van der Waals surface area contributed by atoms with Crippen molar-refractivity contribution in [3.05, 3.63) is 0 Å². The molecule has 0 unspecified atom stereocenters. The Bertz CT molecular complexity index is 310. The average Bonchev–Trinajstić information content (AvgIpc) is 2.41. The molecule has 2 aliphatic carbocycles. The Morgan fingerprint density at radius 2 is 1.00 bits per heavy atom. The Morgan fingerprint density at radius 1 is 0.700 bits per heavy atom. The van der Waals surface area contributed by atoms with Crippen LogP contribution < -0.4 is 0 Å². The van der Waals surface area contributed by atoms with Gasteiger partial charge in [-0.2, -0.15) is 0 Å². The quantitative estimate of drug-likeness (QED) is 0.611. The van der Waals surface area contributed by atoms with Gasteiger partial charge in [0.2, 0.25) is 0 Å². The Hall–Kier alpha value is -0.463. The van der Waals surface area contributed by atoms with Crippen LogP contribution >= 0.6 is 0 Å². The summed E-state index contributed by atoms with van der Waals surface area (Å²) in [4.78, 5) is 23.8. The Labute approximate surface area is 132 Å². The van der Waals surface area contributed by atoms with Crippen molar-refractivity contribution < 1.29 is 19.8 Å². The molecule has 0 amide bonds. The molecule has 0 spiro atoms. The van der Waals surface area contributed by atoms with Gasteiger partial charge in [0.25, 0.3) is 0 Å². The second-order valence-electron chi connectivity index (χ2n) is 6.15. The molecule has 110 valence electrons. The molecule has 0 saturated heterocycles. The van der Waals surface area contributed by atoms with Crippen molar-refractivity contribution in [2.75, 3.05) is 0 Å². The van der Waals surface area contributed by atoms with E-state index in [1.165, 1.54) is 0 Å². The summed E-state index contributed by atoms with van der Waals surface area (Å²) in [6.45, 7) is 0. The standard InChI is InChI=1S/C15H24O4.Li.H/c16-13(17)15(14(18)19,11-7-3-1-4-8-11)12-9-5-2-6-10-12;;/h11-12H,1-10H2,(H,16,17)(H,18,19);;. The molecule has 0 atom stereocenters. The molecule has 0 aromatic heterocycles. The second-order valence-corrected chi connectivity index (χ2v) is 6.15. The van der Waals surface area contributed by atoms with Gasteiger partial charge in [0.15, 0.2) is 5.41 Å². The molecule has 2 saturated carbocycles. The van der Waals surface area contributed by atoms with Crippen LogP contribution in [0.25, 0.3) is 0 Å². The first-order chi connectivity index (χ1) is 9.10. The number of hydrogen-bond donors (Lipinski definition) is 2. The van der Waals surface area contributed by atoms with Crippen molar-refractivity contribution in [2.45, 2.75) is 64.2 Å². The zero-order valence-corrected chi connectivity index (χ0v) is 11.4. The third kappa shape index (κ3) is 3.07. The molecule has 0 bridgehead atoms. The van der Waals surface area contributed by atoms with Crippen LogP contribution in [0.4, 0.5) is 0 Å². The van der Waals surface area contributed by atoms with Gasteiger partial charge < -0.3 is 10.2 Å². The van der Waals surface area contributed by atoms with E-state index in [4.69, 9.17) is 0 Å². The number of rotatable bonds is 4. The van der Waals surface area contributed by atoms with Crippen LogP contribution in [0.1, 0.15) is 64.2 Å². The summed E-state index contributed by atoms with van der Waals surface area (Å²) < 4.78 is 0. The van der Waals surface area contributed by atoms with Gasteiger partial charge in [-0.15, -0.1) is 0 Å². The first kappa shape index (κ1) is 17.6. The molecule has 0 aliphatic heterocycles. The first-order valence-corrected chi connectivity index (χ1v) is 7.57. The number of carboxylic acids is 2. The number of carbonyl (C=O) groups is 2. The molecule has 0 aromatic carbocycles. The van der Waals surface area contributed by atoms with Crippen LogP contribution in [0.2, 0.25) is 0 Å². The summed E-state index contributed by atoms with van der Waals surface area (Å²) in [5, 5.41) is 19.4. The van der Waals surface area contributed by atoms with Crippen LogP contribution in [0.5, 0.6) is 0 Å². The molecule has 5 heteroatoms. The van der Waals surface area contributed by atoms with Crippen molar-refractivity contribution >= 4 is 30.8 Å². The molecular formula is C15H25LiO4. The van der Waals surface area contributed by atoms with Crippen LogP contribution in [-0.2, 0) is 9.59 Å². The van der Waals surface area contributed by atoms with Crippen LogP contribution in [0.15, 0.2) is 0 Å². The molecular weight excluding hydrogens is 251 g/mol. The molecule has 2 N–H and O–H groups in total. The predicted octanol–water partition coefficient (Wildman–Crippen LogP) is 2.65. The van der Waals surface area contributed by atoms with E-state index in [0.717, 1.165) is 64.2 Å². The first-order valence-electron chi connectivity index (χ1n) is 7.57. The van der Waals surface area contributed by atoms with Gasteiger partial charge in [-0.25, -0.2) is 0 Å². The Morgan fingerprint density at radius 3 is 1.25 bits per heavy atom. The van der Waals surface area contributed by atoms with Gasteiger partial charge in [-0.1, -0.05) is 38.5 Å². The fourth-order valence-electron chi connectivity index (χ4n) is 4.24. The molecule has 2 rings (SSSR count). The summed E-state index contributed by atoms with van der Waals surface area (Å²) in [6.07, 6.45) is 9.14. The molecule has 2 aliphatic rings. The number of aliphatic carboxylic acids is 2. The maximum absolute atomic E-state index is 11.9. The number of carboxylic acid groups (broad SMARTS) is 2. The number of hydrogen-bond acceptors (Lipinski definition) is 2. The van der Waals surface area contributed by atoms with Crippen molar-refractivity contribution in [3.8, 4) is 0 Å². The minimum absolute atomic E-state index is 0. The van der Waals surface area contributed by atoms with E-state index in [2.05, 4.69) is 0 Å². The monoisotopic (exact) mass is 276 g/mol. The van der Waals surface area contributed by atoms with E-state index in [0.29, 0.717) is 0 Å². The van der Waals surface area contributed by atoms with E-state index in [9.17, 15) is 19.8 Å². The SMILES string of the molecule is O=C(O)C(C(=O)O)(C1CCCCC1)C1CCCCC1.[LiH]. The van der Waals surface area contributed by atoms with Gasteiger partial charge >= 0.3 is 30.8 Å². The third-order valence-corrected chi connectivity index (χ3v) is 5.21. The normalized spacial score (nSPS) is 22.0. The second kappa shape index (κ2) is 7.52. The van der Waals surface area contributed by atoms with Gasteiger partial charge in [-0.3, -0.25) is 9.59 Å². The Kier molecular flexibility index (Phi) is 6.61. The molecule has 4 nitrogen and oxygen atoms in total. The van der Waals surface area contributed by atoms with E-state index >= 15 is 0 Å². The summed E-state index contributed by atoms with van der Waals surface area (Å²) in [5.74, 6) is -2.56.